The van der Waals surface area contributed by atoms with Gasteiger partial charge in [-0.15, -0.1) is 0 Å². The lowest BCUT2D eigenvalue weighted by atomic mass is 10.1. The maximum absolute atomic E-state index is 10.1. The molecule has 1 fully saturated rings. The molecule has 0 bridgehead atoms. The smallest absolute Gasteiger partial charge is 0.181 e. The predicted octanol–water partition coefficient (Wildman–Crippen LogP) is -1.20. The van der Waals surface area contributed by atoms with Crippen LogP contribution < -0.4 is 5.48 Å². The third-order valence-electron chi connectivity index (χ3n) is 3.46. The zero-order chi connectivity index (χ0) is 15.7. The van der Waals surface area contributed by atoms with E-state index < -0.39 is 31.1 Å². The van der Waals surface area contributed by atoms with Gasteiger partial charge in [-0.25, -0.2) is 20.4 Å². The summed E-state index contributed by atoms with van der Waals surface area (Å²) in [4.78, 5) is 17.4. The van der Waals surface area contributed by atoms with Crippen LogP contribution in [0.25, 0.3) is 11.2 Å². The minimum atomic E-state index is -1.20. The van der Waals surface area contributed by atoms with Crippen molar-refractivity contribution in [1.82, 2.24) is 19.5 Å². The van der Waals surface area contributed by atoms with Crippen molar-refractivity contribution >= 4 is 17.0 Å². The zero-order valence-corrected chi connectivity index (χ0v) is 11.8. The van der Waals surface area contributed by atoms with Gasteiger partial charge in [-0.1, -0.05) is 0 Å². The van der Waals surface area contributed by atoms with E-state index in [2.05, 4.69) is 20.4 Å². The molecule has 1 aliphatic heterocycles. The number of anilines is 1. The lowest BCUT2D eigenvalue weighted by Gasteiger charge is -2.16. The number of ether oxygens (including phenoxy) is 1. The number of hydrogen-bond acceptors (Lipinski definition) is 9. The second-order valence-corrected chi connectivity index (χ2v) is 4.81. The van der Waals surface area contributed by atoms with E-state index in [1.807, 2.05) is 6.92 Å². The molecule has 2 aromatic heterocycles. The van der Waals surface area contributed by atoms with Crippen LogP contribution in [0.5, 0.6) is 0 Å². The van der Waals surface area contributed by atoms with Crippen molar-refractivity contribution in [3.8, 4) is 0 Å². The van der Waals surface area contributed by atoms with Crippen molar-refractivity contribution in [2.45, 2.75) is 31.5 Å². The van der Waals surface area contributed by atoms with Crippen molar-refractivity contribution in [1.29, 1.82) is 0 Å². The lowest BCUT2D eigenvalue weighted by molar-refractivity contribution is -0.0511. The molecule has 3 rings (SSSR count). The van der Waals surface area contributed by atoms with Crippen molar-refractivity contribution in [2.24, 2.45) is 0 Å². The fourth-order valence-corrected chi connectivity index (χ4v) is 2.36. The molecule has 120 valence electrons. The summed E-state index contributed by atoms with van der Waals surface area (Å²) in [5, 5.41) is 29.1. The van der Waals surface area contributed by atoms with E-state index in [1.54, 1.807) is 0 Å². The molecule has 22 heavy (non-hydrogen) atoms. The van der Waals surface area contributed by atoms with Crippen LogP contribution in [0.15, 0.2) is 12.7 Å². The Balaban J connectivity index is 1.95. The van der Waals surface area contributed by atoms with Gasteiger partial charge in [-0.2, -0.15) is 0 Å². The number of fused-ring (bicyclic) bond motifs is 1. The molecule has 0 saturated carbocycles. The lowest BCUT2D eigenvalue weighted by Crippen LogP contribution is -2.33. The quantitative estimate of drug-likeness (QED) is 0.502. The van der Waals surface area contributed by atoms with E-state index in [-0.39, 0.29) is 0 Å². The van der Waals surface area contributed by atoms with Gasteiger partial charge in [0.1, 0.15) is 24.6 Å². The number of imidazole rings is 1. The second-order valence-electron chi connectivity index (χ2n) is 4.81. The summed E-state index contributed by atoms with van der Waals surface area (Å²) in [5.41, 5.74) is 3.51. The molecule has 3 heterocycles. The second kappa shape index (κ2) is 6.10. The zero-order valence-electron chi connectivity index (χ0n) is 11.8. The van der Waals surface area contributed by atoms with Gasteiger partial charge >= 0.3 is 0 Å². The summed E-state index contributed by atoms with van der Waals surface area (Å²) in [5.74, 6) is 0.386. The Labute approximate surface area is 125 Å². The van der Waals surface area contributed by atoms with E-state index >= 15 is 0 Å². The Morgan fingerprint density at radius 3 is 2.82 bits per heavy atom. The Bertz CT molecular complexity index is 650. The Morgan fingerprint density at radius 2 is 2.14 bits per heavy atom. The van der Waals surface area contributed by atoms with Crippen molar-refractivity contribution in [3.63, 3.8) is 0 Å². The molecule has 2 unspecified atom stereocenters. The highest BCUT2D eigenvalue weighted by molar-refractivity contribution is 5.82. The first-order valence-electron chi connectivity index (χ1n) is 6.85. The molecule has 0 aliphatic carbocycles. The molecule has 1 aliphatic rings. The molecule has 0 aromatic carbocycles. The van der Waals surface area contributed by atoms with Gasteiger partial charge < -0.3 is 20.1 Å². The highest BCUT2D eigenvalue weighted by Gasteiger charge is 2.44. The van der Waals surface area contributed by atoms with Gasteiger partial charge in [0.25, 0.3) is 0 Å². The first-order chi connectivity index (χ1) is 10.7. The minimum Gasteiger partial charge on any atom is -0.394 e. The number of nitrogens with one attached hydrogen (secondary N) is 1. The minimum absolute atomic E-state index is 0.386. The Hall–Kier alpha value is -1.85. The fourth-order valence-electron chi connectivity index (χ4n) is 2.36. The summed E-state index contributed by atoms with van der Waals surface area (Å²) in [6, 6.07) is 0. The molecule has 0 amide bonds. The Kier molecular flexibility index (Phi) is 4.18. The number of hydrogen-bond donors (Lipinski definition) is 4. The van der Waals surface area contributed by atoms with Crippen LogP contribution >= 0.6 is 0 Å². The molecule has 2 aromatic rings. The third-order valence-corrected chi connectivity index (χ3v) is 3.46. The molecule has 1 saturated heterocycles. The summed E-state index contributed by atoms with van der Waals surface area (Å²) in [6.45, 7) is 1.87. The number of aromatic nitrogens is 4. The molecule has 10 heteroatoms. The van der Waals surface area contributed by atoms with Crippen LogP contribution in [-0.2, 0) is 9.57 Å². The maximum atomic E-state index is 10.1. The van der Waals surface area contributed by atoms with Crippen LogP contribution in [0.3, 0.4) is 0 Å². The molecule has 0 spiro atoms. The molecule has 4 atom stereocenters. The summed E-state index contributed by atoms with van der Waals surface area (Å²) in [6.07, 6.45) is -1.39. The molecule has 0 radical (unpaired) electrons. The topological polar surface area (TPSA) is 135 Å². The third kappa shape index (κ3) is 2.40. The normalized spacial score (nSPS) is 28.4. The Morgan fingerprint density at radius 1 is 1.32 bits per heavy atom. The first kappa shape index (κ1) is 15.1. The average Bonchev–Trinajstić information content (AvgIpc) is 3.08. The monoisotopic (exact) mass is 311 g/mol. The van der Waals surface area contributed by atoms with E-state index in [0.717, 1.165) is 0 Å². The maximum Gasteiger partial charge on any atom is 0.181 e. The van der Waals surface area contributed by atoms with Crippen LogP contribution in [0.1, 0.15) is 13.2 Å². The van der Waals surface area contributed by atoms with Crippen molar-refractivity contribution < 1.29 is 24.9 Å². The fraction of sp³-hybridized carbons (Fsp3) is 0.583. The van der Waals surface area contributed by atoms with Gasteiger partial charge in [0.15, 0.2) is 23.2 Å². The van der Waals surface area contributed by atoms with E-state index in [9.17, 15) is 10.2 Å². The molecular formula is C12H17N5O5. The van der Waals surface area contributed by atoms with Crippen LogP contribution in [0, 0.1) is 0 Å². The van der Waals surface area contributed by atoms with Gasteiger partial charge in [-0.3, -0.25) is 9.40 Å². The number of rotatable bonds is 5. The van der Waals surface area contributed by atoms with Crippen molar-refractivity contribution in [3.05, 3.63) is 12.7 Å². The summed E-state index contributed by atoms with van der Waals surface area (Å²) >= 11 is 0. The summed E-state index contributed by atoms with van der Waals surface area (Å²) < 4.78 is 6.95. The highest BCUT2D eigenvalue weighted by Crippen LogP contribution is 2.31. The molecular weight excluding hydrogens is 294 g/mol. The van der Waals surface area contributed by atoms with Crippen LogP contribution in [0.4, 0.5) is 5.82 Å². The van der Waals surface area contributed by atoms with Crippen molar-refractivity contribution in [2.75, 3.05) is 18.7 Å². The molecule has 4 N–H and O–H groups in total. The SMILES string of the molecule is CCONc1ncnc2c1ncn2[C@@H]1O[C@H](CO)C(O)C1O. The number of aliphatic hydroxyl groups is 3. The predicted molar refractivity (Wildman–Crippen MR) is 73.6 cm³/mol. The van der Waals surface area contributed by atoms with E-state index in [1.165, 1.54) is 17.2 Å². The van der Waals surface area contributed by atoms with Gasteiger partial charge in [0.05, 0.1) is 19.5 Å². The first-order valence-corrected chi connectivity index (χ1v) is 6.85. The average molecular weight is 311 g/mol. The molecule has 10 nitrogen and oxygen atoms in total. The van der Waals surface area contributed by atoms with Crippen LogP contribution in [-0.4, -0.2) is 66.4 Å². The van der Waals surface area contributed by atoms with Crippen LogP contribution in [0.2, 0.25) is 0 Å². The van der Waals surface area contributed by atoms with Gasteiger partial charge in [0, 0.05) is 0 Å². The van der Waals surface area contributed by atoms with E-state index in [4.69, 9.17) is 14.7 Å². The highest BCUT2D eigenvalue weighted by atomic mass is 16.6. The standard InChI is InChI=1S/C12H17N5O5/c1-2-21-16-10-7-11(14-4-13-10)17(5-15-7)12-9(20)8(19)6(3-18)22-12/h4-6,8-9,12,18-20H,2-3H2,1H3,(H,13,14,16)/t6-,8?,9?,12-/m1/s1. The number of aliphatic hydroxyl groups excluding tert-OH is 3. The van der Waals surface area contributed by atoms with Gasteiger partial charge in [-0.05, 0) is 6.92 Å². The summed E-state index contributed by atoms with van der Waals surface area (Å²) in [7, 11) is 0. The van der Waals surface area contributed by atoms with Gasteiger partial charge in [0.2, 0.25) is 0 Å². The largest absolute Gasteiger partial charge is 0.394 e. The number of nitrogens with zero attached hydrogens (tertiary/aromatic N) is 4. The van der Waals surface area contributed by atoms with E-state index in [0.29, 0.717) is 23.6 Å².